The Hall–Kier alpha value is -4.44. The van der Waals surface area contributed by atoms with Gasteiger partial charge in [0, 0.05) is 18.0 Å². The van der Waals surface area contributed by atoms with Gasteiger partial charge in [0.15, 0.2) is 5.17 Å². The lowest BCUT2D eigenvalue weighted by Gasteiger charge is -2.41. The summed E-state index contributed by atoms with van der Waals surface area (Å²) in [5.74, 6) is 1.73. The number of amidine groups is 1. The molecule has 3 aromatic rings. The van der Waals surface area contributed by atoms with Crippen molar-refractivity contribution < 1.29 is 23.8 Å². The summed E-state index contributed by atoms with van der Waals surface area (Å²) >= 11 is 1.69. The SMILES string of the molecule is COc1ccccc1NC(=O)C1=C(C)N=C2SCCCN2C1c1cccc(NC(=O)c2c(OC)cccc2OC)c1. The van der Waals surface area contributed by atoms with Gasteiger partial charge in [-0.15, -0.1) is 0 Å². The number of thioether (sulfide) groups is 1. The van der Waals surface area contributed by atoms with Gasteiger partial charge in [0.2, 0.25) is 0 Å². The van der Waals surface area contributed by atoms with Gasteiger partial charge in [-0.3, -0.25) is 9.59 Å². The van der Waals surface area contributed by atoms with Crippen LogP contribution in [0, 0.1) is 0 Å². The molecule has 0 aliphatic carbocycles. The van der Waals surface area contributed by atoms with E-state index in [1.807, 2.05) is 43.3 Å². The normalized spacial score (nSPS) is 16.3. The number of nitrogens with one attached hydrogen (secondary N) is 2. The molecule has 41 heavy (non-hydrogen) atoms. The molecule has 1 saturated heterocycles. The van der Waals surface area contributed by atoms with E-state index in [1.54, 1.807) is 49.2 Å². The second kappa shape index (κ2) is 12.4. The minimum Gasteiger partial charge on any atom is -0.496 e. The third-order valence-electron chi connectivity index (χ3n) is 6.97. The van der Waals surface area contributed by atoms with Crippen molar-refractivity contribution in [1.29, 1.82) is 0 Å². The Labute approximate surface area is 243 Å². The van der Waals surface area contributed by atoms with Crippen molar-refractivity contribution in [1.82, 2.24) is 4.90 Å². The number of fused-ring (bicyclic) bond motifs is 1. The van der Waals surface area contributed by atoms with Crippen molar-refractivity contribution in [3.05, 3.63) is 89.1 Å². The molecule has 3 aromatic carbocycles. The zero-order chi connectivity index (χ0) is 28.9. The highest BCUT2D eigenvalue weighted by atomic mass is 32.2. The first-order chi connectivity index (χ1) is 19.9. The summed E-state index contributed by atoms with van der Waals surface area (Å²) in [6, 6.07) is 19.6. The van der Waals surface area contributed by atoms with Crippen LogP contribution in [-0.4, -0.2) is 55.5 Å². The summed E-state index contributed by atoms with van der Waals surface area (Å²) in [6.45, 7) is 2.62. The van der Waals surface area contributed by atoms with E-state index in [2.05, 4.69) is 15.5 Å². The molecule has 0 saturated carbocycles. The van der Waals surface area contributed by atoms with Crippen molar-refractivity contribution in [2.75, 3.05) is 44.3 Å². The van der Waals surface area contributed by atoms with Crippen LogP contribution >= 0.6 is 11.8 Å². The third-order valence-corrected chi connectivity index (χ3v) is 8.05. The number of amides is 2. The molecule has 10 heteroatoms. The van der Waals surface area contributed by atoms with Crippen molar-refractivity contribution in [2.24, 2.45) is 4.99 Å². The van der Waals surface area contributed by atoms with Crippen LogP contribution in [0.25, 0.3) is 0 Å². The zero-order valence-electron chi connectivity index (χ0n) is 23.4. The number of hydrogen-bond donors (Lipinski definition) is 2. The van der Waals surface area contributed by atoms with E-state index in [1.165, 1.54) is 14.2 Å². The highest BCUT2D eigenvalue weighted by Gasteiger charge is 2.37. The van der Waals surface area contributed by atoms with E-state index in [0.717, 1.165) is 29.4 Å². The lowest BCUT2D eigenvalue weighted by molar-refractivity contribution is -0.113. The molecule has 2 N–H and O–H groups in total. The predicted octanol–water partition coefficient (Wildman–Crippen LogP) is 5.73. The van der Waals surface area contributed by atoms with Crippen molar-refractivity contribution in [2.45, 2.75) is 19.4 Å². The van der Waals surface area contributed by atoms with Gasteiger partial charge in [0.05, 0.1) is 44.3 Å². The summed E-state index contributed by atoms with van der Waals surface area (Å²) in [5.41, 5.74) is 3.50. The number of anilines is 2. The Bertz CT molecular complexity index is 1510. The number of carbonyl (C=O) groups excluding carboxylic acids is 2. The number of benzene rings is 3. The summed E-state index contributed by atoms with van der Waals surface area (Å²) in [5, 5.41) is 6.90. The Morgan fingerprint density at radius 3 is 2.29 bits per heavy atom. The lowest BCUT2D eigenvalue weighted by atomic mass is 9.93. The molecule has 2 aliphatic rings. The molecule has 0 spiro atoms. The number of hydrogen-bond acceptors (Lipinski definition) is 8. The Balaban J connectivity index is 1.50. The molecule has 1 atom stereocenters. The summed E-state index contributed by atoms with van der Waals surface area (Å²) in [7, 11) is 4.59. The van der Waals surface area contributed by atoms with Gasteiger partial charge >= 0.3 is 0 Å². The minimum atomic E-state index is -0.400. The number of ether oxygens (including phenoxy) is 3. The van der Waals surface area contributed by atoms with E-state index in [0.29, 0.717) is 45.5 Å². The minimum absolute atomic E-state index is 0.261. The lowest BCUT2D eigenvalue weighted by Crippen LogP contribution is -2.43. The van der Waals surface area contributed by atoms with E-state index < -0.39 is 6.04 Å². The number of carbonyl (C=O) groups is 2. The maximum atomic E-state index is 13.9. The van der Waals surface area contributed by atoms with Gasteiger partial charge in [-0.05, 0) is 55.3 Å². The second-order valence-electron chi connectivity index (χ2n) is 9.46. The molecule has 2 heterocycles. The van der Waals surface area contributed by atoms with Gasteiger partial charge in [-0.25, -0.2) is 4.99 Å². The second-order valence-corrected chi connectivity index (χ2v) is 10.5. The van der Waals surface area contributed by atoms with E-state index >= 15 is 0 Å². The monoisotopic (exact) mass is 572 g/mol. The fourth-order valence-electron chi connectivity index (χ4n) is 5.10. The number of para-hydroxylation sites is 2. The van der Waals surface area contributed by atoms with Crippen LogP contribution in [0.3, 0.4) is 0 Å². The molecule has 1 fully saturated rings. The van der Waals surface area contributed by atoms with Crippen LogP contribution in [0.5, 0.6) is 17.2 Å². The quantitative estimate of drug-likeness (QED) is 0.356. The smallest absolute Gasteiger partial charge is 0.263 e. The Kier molecular flexibility index (Phi) is 8.49. The first-order valence-corrected chi connectivity index (χ1v) is 14.2. The van der Waals surface area contributed by atoms with Crippen LogP contribution in [0.1, 0.15) is 35.3 Å². The highest BCUT2D eigenvalue weighted by Crippen LogP contribution is 2.41. The molecule has 0 bridgehead atoms. The zero-order valence-corrected chi connectivity index (χ0v) is 24.2. The molecule has 0 radical (unpaired) electrons. The van der Waals surface area contributed by atoms with E-state index in [4.69, 9.17) is 19.2 Å². The number of allylic oxidation sites excluding steroid dienone is 1. The van der Waals surface area contributed by atoms with E-state index in [9.17, 15) is 9.59 Å². The highest BCUT2D eigenvalue weighted by molar-refractivity contribution is 8.13. The number of methoxy groups -OCH3 is 3. The third kappa shape index (κ3) is 5.74. The van der Waals surface area contributed by atoms with Crippen LogP contribution in [0.15, 0.2) is 83.0 Å². The molecule has 2 amide bonds. The Morgan fingerprint density at radius 2 is 1.56 bits per heavy atom. The molecule has 5 rings (SSSR count). The van der Waals surface area contributed by atoms with Crippen LogP contribution in [0.4, 0.5) is 11.4 Å². The average molecular weight is 573 g/mol. The molecule has 1 unspecified atom stereocenters. The van der Waals surface area contributed by atoms with Crippen molar-refractivity contribution >= 4 is 40.1 Å². The molecule has 2 aliphatic heterocycles. The summed E-state index contributed by atoms with van der Waals surface area (Å²) in [4.78, 5) is 34.2. The molecule has 0 aromatic heterocycles. The van der Waals surface area contributed by atoms with Crippen LogP contribution in [-0.2, 0) is 4.79 Å². The number of aliphatic imine (C=N–C) groups is 1. The van der Waals surface area contributed by atoms with E-state index in [-0.39, 0.29) is 11.8 Å². The topological polar surface area (TPSA) is 101 Å². The Morgan fingerprint density at radius 1 is 0.878 bits per heavy atom. The maximum absolute atomic E-state index is 13.9. The number of rotatable bonds is 8. The van der Waals surface area contributed by atoms with Crippen LogP contribution in [0.2, 0.25) is 0 Å². The van der Waals surface area contributed by atoms with Crippen molar-refractivity contribution in [3.63, 3.8) is 0 Å². The van der Waals surface area contributed by atoms with Crippen LogP contribution < -0.4 is 24.8 Å². The standard InChI is InChI=1S/C31H32N4O5S/c1-19-26(29(36)34-22-12-5-6-13-23(22)38-2)28(35-16-9-17-41-31(35)32-19)20-10-7-11-21(18-20)33-30(37)27-24(39-3)14-8-15-25(27)40-4/h5-8,10-15,18,28H,9,16-17H2,1-4H3,(H,33,37)(H,34,36). The molecule has 212 valence electrons. The maximum Gasteiger partial charge on any atom is 0.263 e. The van der Waals surface area contributed by atoms with Crippen molar-refractivity contribution in [3.8, 4) is 17.2 Å². The summed E-state index contributed by atoms with van der Waals surface area (Å²) < 4.78 is 16.3. The largest absolute Gasteiger partial charge is 0.496 e. The average Bonchev–Trinajstić information content (AvgIpc) is 3.00. The van der Waals surface area contributed by atoms with Gasteiger partial charge in [-0.2, -0.15) is 0 Å². The van der Waals surface area contributed by atoms with Gasteiger partial charge in [0.25, 0.3) is 11.8 Å². The molecular weight excluding hydrogens is 540 g/mol. The van der Waals surface area contributed by atoms with Gasteiger partial charge in [0.1, 0.15) is 22.8 Å². The summed E-state index contributed by atoms with van der Waals surface area (Å²) in [6.07, 6.45) is 0.963. The predicted molar refractivity (Wildman–Crippen MR) is 162 cm³/mol. The molecule has 9 nitrogen and oxygen atoms in total. The van der Waals surface area contributed by atoms with Gasteiger partial charge in [-0.1, -0.05) is 42.1 Å². The molecular formula is C31H32N4O5S. The number of nitrogens with zero attached hydrogens (tertiary/aromatic N) is 2. The van der Waals surface area contributed by atoms with Gasteiger partial charge < -0.3 is 29.7 Å². The fourth-order valence-corrected chi connectivity index (χ4v) is 6.12. The first-order valence-electron chi connectivity index (χ1n) is 13.2. The first kappa shape index (κ1) is 28.1. The fraction of sp³-hybridized carbons (Fsp3) is 0.258.